The average molecular weight is 393 g/mol. The van der Waals surface area contributed by atoms with Gasteiger partial charge in [-0.2, -0.15) is 13.2 Å². The molecule has 7 heteroatoms. The fourth-order valence-corrected chi connectivity index (χ4v) is 2.97. The summed E-state index contributed by atoms with van der Waals surface area (Å²) in [5.41, 5.74) is 3.71. The number of alkyl halides is 3. The van der Waals surface area contributed by atoms with Gasteiger partial charge < -0.3 is 10.1 Å². The molecular formula is C21H26F3N3O. The van der Waals surface area contributed by atoms with Gasteiger partial charge in [0, 0.05) is 31.4 Å². The first-order valence-electron chi connectivity index (χ1n) is 8.94. The molecule has 1 heterocycles. The summed E-state index contributed by atoms with van der Waals surface area (Å²) in [5.74, 6) is 1.04. The topological polar surface area (TPSA) is 37.4 Å². The number of anilines is 1. The van der Waals surface area contributed by atoms with Crippen molar-refractivity contribution >= 4 is 11.9 Å². The Morgan fingerprint density at radius 3 is 2.61 bits per heavy atom. The molecule has 0 saturated heterocycles. The summed E-state index contributed by atoms with van der Waals surface area (Å²) < 4.78 is 42.0. The van der Waals surface area contributed by atoms with Gasteiger partial charge in [0.1, 0.15) is 11.6 Å². The van der Waals surface area contributed by atoms with E-state index in [-0.39, 0.29) is 11.8 Å². The number of aryl methyl sites for hydroxylation is 1. The van der Waals surface area contributed by atoms with Gasteiger partial charge in [0.25, 0.3) is 0 Å². The Kier molecular flexibility index (Phi) is 7.07. The lowest BCUT2D eigenvalue weighted by Gasteiger charge is -2.27. The molecule has 0 fully saturated rings. The molecule has 2 aromatic rings. The van der Waals surface area contributed by atoms with Crippen molar-refractivity contribution in [3.8, 4) is 5.75 Å². The second-order valence-corrected chi connectivity index (χ2v) is 6.70. The molecule has 0 radical (unpaired) electrons. The van der Waals surface area contributed by atoms with Gasteiger partial charge in [-0.3, -0.25) is 4.90 Å². The van der Waals surface area contributed by atoms with Crippen molar-refractivity contribution in [3.63, 3.8) is 0 Å². The monoisotopic (exact) mass is 393 g/mol. The van der Waals surface area contributed by atoms with Crippen LogP contribution in [-0.2, 0) is 6.54 Å². The van der Waals surface area contributed by atoms with E-state index in [1.165, 1.54) is 0 Å². The van der Waals surface area contributed by atoms with E-state index in [1.54, 1.807) is 31.3 Å². The molecule has 4 nitrogen and oxygen atoms in total. The van der Waals surface area contributed by atoms with Crippen molar-refractivity contribution in [2.45, 2.75) is 32.6 Å². The first-order chi connectivity index (χ1) is 13.2. The van der Waals surface area contributed by atoms with Crippen molar-refractivity contribution in [3.05, 3.63) is 59.3 Å². The third-order valence-corrected chi connectivity index (χ3v) is 4.69. The number of hydrogen-bond acceptors (Lipinski definition) is 4. The van der Waals surface area contributed by atoms with Crippen molar-refractivity contribution in [1.29, 1.82) is 0 Å². The molecule has 0 aliphatic carbocycles. The highest BCUT2D eigenvalue weighted by atomic mass is 19.4. The Morgan fingerprint density at radius 2 is 2.04 bits per heavy atom. The average Bonchev–Trinajstić information content (AvgIpc) is 2.65. The quantitative estimate of drug-likeness (QED) is 0.668. The van der Waals surface area contributed by atoms with Gasteiger partial charge >= 0.3 is 6.18 Å². The third-order valence-electron chi connectivity index (χ3n) is 4.69. The maximum atomic E-state index is 12.4. The number of hydrogen-bond donors (Lipinski definition) is 1. The van der Waals surface area contributed by atoms with E-state index in [0.717, 1.165) is 22.5 Å². The van der Waals surface area contributed by atoms with Crippen LogP contribution >= 0.6 is 0 Å². The normalized spacial score (nSPS) is 12.7. The summed E-state index contributed by atoms with van der Waals surface area (Å²) in [6, 6.07) is 7.22. The summed E-state index contributed by atoms with van der Waals surface area (Å²) in [5, 5.41) is 3.10. The largest absolute Gasteiger partial charge is 0.484 e. The number of nitrogens with zero attached hydrogens (tertiary/aromatic N) is 2. The summed E-state index contributed by atoms with van der Waals surface area (Å²) >= 11 is 0. The maximum Gasteiger partial charge on any atom is 0.422 e. The highest BCUT2D eigenvalue weighted by Gasteiger charge is 2.28. The molecule has 1 aromatic carbocycles. The summed E-state index contributed by atoms with van der Waals surface area (Å²) in [4.78, 5) is 6.51. The zero-order chi connectivity index (χ0) is 20.9. The number of benzene rings is 1. The minimum atomic E-state index is -4.35. The number of aromatic nitrogens is 1. The first-order valence-corrected chi connectivity index (χ1v) is 8.94. The number of halogens is 3. The Hall–Kier alpha value is -2.54. The van der Waals surface area contributed by atoms with Crippen LogP contribution in [0.3, 0.4) is 0 Å². The molecule has 28 heavy (non-hydrogen) atoms. The predicted octanol–water partition coefficient (Wildman–Crippen LogP) is 5.21. The lowest BCUT2D eigenvalue weighted by Crippen LogP contribution is -2.23. The zero-order valence-corrected chi connectivity index (χ0v) is 16.6. The van der Waals surface area contributed by atoms with Gasteiger partial charge in [0.05, 0.1) is 0 Å². The van der Waals surface area contributed by atoms with E-state index in [0.29, 0.717) is 12.1 Å². The van der Waals surface area contributed by atoms with Crippen molar-refractivity contribution in [2.75, 3.05) is 26.0 Å². The van der Waals surface area contributed by atoms with E-state index >= 15 is 0 Å². The molecule has 1 aromatic heterocycles. The lowest BCUT2D eigenvalue weighted by atomic mass is 10.0. The van der Waals surface area contributed by atoms with Gasteiger partial charge in [-0.25, -0.2) is 4.98 Å². The molecule has 1 N–H and O–H groups in total. The highest BCUT2D eigenvalue weighted by Crippen LogP contribution is 2.29. The van der Waals surface area contributed by atoms with Crippen molar-refractivity contribution in [2.24, 2.45) is 0 Å². The second kappa shape index (κ2) is 9.10. The van der Waals surface area contributed by atoms with Crippen molar-refractivity contribution in [1.82, 2.24) is 9.88 Å². The van der Waals surface area contributed by atoms with Gasteiger partial charge in [-0.15, -0.1) is 0 Å². The minimum absolute atomic E-state index is 0.0398. The Balaban J connectivity index is 2.17. The third kappa shape index (κ3) is 5.48. The van der Waals surface area contributed by atoms with Crippen LogP contribution in [0.1, 0.15) is 35.2 Å². The molecule has 0 aliphatic rings. The van der Waals surface area contributed by atoms with E-state index in [1.807, 2.05) is 33.2 Å². The summed E-state index contributed by atoms with van der Waals surface area (Å²) in [6.07, 6.45) is -0.817. The van der Waals surface area contributed by atoms with Crippen LogP contribution in [-0.4, -0.2) is 36.8 Å². The molecule has 1 unspecified atom stereocenters. The molecule has 0 amide bonds. The first kappa shape index (κ1) is 21.8. The number of rotatable bonds is 8. The lowest BCUT2D eigenvalue weighted by molar-refractivity contribution is -0.153. The van der Waals surface area contributed by atoms with Gasteiger partial charge in [0.2, 0.25) is 0 Å². The van der Waals surface area contributed by atoms with Crippen LogP contribution in [0.2, 0.25) is 0 Å². The number of ether oxygens (including phenoxy) is 1. The molecular weight excluding hydrogens is 367 g/mol. The van der Waals surface area contributed by atoms with Crippen LogP contribution in [0.4, 0.5) is 19.0 Å². The minimum Gasteiger partial charge on any atom is -0.484 e. The summed E-state index contributed by atoms with van der Waals surface area (Å²) in [6.45, 7) is 7.01. The van der Waals surface area contributed by atoms with Crippen molar-refractivity contribution < 1.29 is 17.9 Å². The standard InChI is InChI=1S/C21H26F3N3O/c1-6-16-9-10-26-20(25-4)18(16)12-27(5)15(3)17-7-8-19(14(2)11-17)28-13-21(22,23)24/h6-11,15H,1,12-13H2,2-5H3,(H,25,26). The molecule has 0 aliphatic heterocycles. The molecule has 0 bridgehead atoms. The Bertz CT molecular complexity index is 821. The van der Waals surface area contributed by atoms with E-state index in [2.05, 4.69) is 21.8 Å². The fourth-order valence-electron chi connectivity index (χ4n) is 2.97. The Labute approximate surface area is 164 Å². The maximum absolute atomic E-state index is 12.4. The Morgan fingerprint density at radius 1 is 1.32 bits per heavy atom. The second-order valence-electron chi connectivity index (χ2n) is 6.70. The molecule has 0 spiro atoms. The highest BCUT2D eigenvalue weighted by molar-refractivity contribution is 5.59. The van der Waals surface area contributed by atoms with Crippen LogP contribution in [0, 0.1) is 6.92 Å². The van der Waals surface area contributed by atoms with Crippen LogP contribution in [0.15, 0.2) is 37.0 Å². The smallest absolute Gasteiger partial charge is 0.422 e. The predicted molar refractivity (Wildman–Crippen MR) is 106 cm³/mol. The fraction of sp³-hybridized carbons (Fsp3) is 0.381. The molecule has 1 atom stereocenters. The van der Waals surface area contributed by atoms with Gasteiger partial charge in [-0.1, -0.05) is 24.8 Å². The number of pyridine rings is 1. The van der Waals surface area contributed by atoms with E-state index in [9.17, 15) is 13.2 Å². The van der Waals surface area contributed by atoms with Gasteiger partial charge in [-0.05, 0) is 49.7 Å². The SMILES string of the molecule is C=Cc1ccnc(NC)c1CN(C)C(C)c1ccc(OCC(F)(F)F)c(C)c1. The molecule has 0 saturated carbocycles. The summed E-state index contributed by atoms with van der Waals surface area (Å²) in [7, 11) is 3.82. The van der Waals surface area contributed by atoms with E-state index < -0.39 is 12.8 Å². The number of nitrogens with one attached hydrogen (secondary N) is 1. The van der Waals surface area contributed by atoms with Crippen LogP contribution in [0.5, 0.6) is 5.75 Å². The zero-order valence-electron chi connectivity index (χ0n) is 16.6. The van der Waals surface area contributed by atoms with Crippen LogP contribution < -0.4 is 10.1 Å². The molecule has 152 valence electrons. The molecule has 2 rings (SSSR count). The van der Waals surface area contributed by atoms with E-state index in [4.69, 9.17) is 4.74 Å². The van der Waals surface area contributed by atoms with Crippen LogP contribution in [0.25, 0.3) is 6.08 Å². The van der Waals surface area contributed by atoms with Gasteiger partial charge in [0.15, 0.2) is 6.61 Å².